The molecule has 0 amide bonds. The van der Waals surface area contributed by atoms with E-state index >= 15 is 0 Å². The molecule has 0 aromatic rings. The van der Waals surface area contributed by atoms with Crippen LogP contribution in [0.2, 0.25) is 0 Å². The quantitative estimate of drug-likeness (QED) is 0.693. The van der Waals surface area contributed by atoms with Crippen LogP contribution in [0.1, 0.15) is 58.8 Å². The Morgan fingerprint density at radius 1 is 1.17 bits per heavy atom. The summed E-state index contributed by atoms with van der Waals surface area (Å²) in [7, 11) is -2.83. The highest BCUT2D eigenvalue weighted by Crippen LogP contribution is 2.23. The standard InChI is InChI=1S/C14H29NO2S/c1-3-4-5-10-18(16,17)11-9-15-14-8-6-7-13(2)12-14/h13-15H,3-12H2,1-2H3. The summed E-state index contributed by atoms with van der Waals surface area (Å²) in [5, 5.41) is 3.42. The van der Waals surface area contributed by atoms with Crippen molar-refractivity contribution in [1.82, 2.24) is 5.32 Å². The Balaban J connectivity index is 2.15. The molecule has 3 nitrogen and oxygen atoms in total. The number of sulfone groups is 1. The molecule has 0 spiro atoms. The van der Waals surface area contributed by atoms with E-state index in [1.807, 2.05) is 0 Å². The highest BCUT2D eigenvalue weighted by Gasteiger charge is 2.19. The Bertz CT molecular complexity index is 314. The van der Waals surface area contributed by atoms with Crippen LogP contribution in [0.4, 0.5) is 0 Å². The number of nitrogens with one attached hydrogen (secondary N) is 1. The second-order valence-corrected chi connectivity index (χ2v) is 8.09. The van der Waals surface area contributed by atoms with Crippen LogP contribution in [-0.4, -0.2) is 32.5 Å². The van der Waals surface area contributed by atoms with Gasteiger partial charge in [0.25, 0.3) is 0 Å². The molecule has 18 heavy (non-hydrogen) atoms. The fourth-order valence-electron chi connectivity index (χ4n) is 2.71. The molecule has 2 atom stereocenters. The molecule has 0 heterocycles. The molecule has 0 aromatic heterocycles. The van der Waals surface area contributed by atoms with Gasteiger partial charge in [0.2, 0.25) is 0 Å². The van der Waals surface area contributed by atoms with Crippen LogP contribution >= 0.6 is 0 Å². The molecule has 1 aliphatic rings. The van der Waals surface area contributed by atoms with Crippen molar-refractivity contribution in [3.8, 4) is 0 Å². The zero-order valence-electron chi connectivity index (χ0n) is 12.0. The number of hydrogen-bond donors (Lipinski definition) is 1. The van der Waals surface area contributed by atoms with Gasteiger partial charge in [-0.05, 0) is 25.2 Å². The SMILES string of the molecule is CCCCCS(=O)(=O)CCNC1CCCC(C)C1. The second kappa shape index (κ2) is 8.16. The monoisotopic (exact) mass is 275 g/mol. The van der Waals surface area contributed by atoms with E-state index in [-0.39, 0.29) is 0 Å². The van der Waals surface area contributed by atoms with Crippen LogP contribution in [0.25, 0.3) is 0 Å². The molecule has 108 valence electrons. The minimum atomic E-state index is -2.83. The number of unbranched alkanes of at least 4 members (excludes halogenated alkanes) is 2. The zero-order valence-corrected chi connectivity index (χ0v) is 12.8. The van der Waals surface area contributed by atoms with Gasteiger partial charge in [0.15, 0.2) is 9.84 Å². The van der Waals surface area contributed by atoms with Crippen molar-refractivity contribution in [2.75, 3.05) is 18.1 Å². The van der Waals surface area contributed by atoms with Crippen molar-refractivity contribution < 1.29 is 8.42 Å². The van der Waals surface area contributed by atoms with Crippen molar-refractivity contribution in [3.63, 3.8) is 0 Å². The van der Waals surface area contributed by atoms with E-state index in [0.717, 1.165) is 25.2 Å². The zero-order chi connectivity index (χ0) is 13.4. The van der Waals surface area contributed by atoms with Crippen LogP contribution in [0.15, 0.2) is 0 Å². The lowest BCUT2D eigenvalue weighted by Gasteiger charge is -2.27. The lowest BCUT2D eigenvalue weighted by Crippen LogP contribution is -2.36. The maximum absolute atomic E-state index is 11.8. The molecule has 1 saturated carbocycles. The van der Waals surface area contributed by atoms with Gasteiger partial charge in [0.1, 0.15) is 0 Å². The summed E-state index contributed by atoms with van der Waals surface area (Å²) in [4.78, 5) is 0. The van der Waals surface area contributed by atoms with Crippen molar-refractivity contribution in [2.24, 2.45) is 5.92 Å². The maximum atomic E-state index is 11.8. The molecular formula is C14H29NO2S. The molecule has 1 rings (SSSR count). The van der Waals surface area contributed by atoms with Crippen LogP contribution in [-0.2, 0) is 9.84 Å². The normalized spacial score (nSPS) is 25.2. The van der Waals surface area contributed by atoms with Gasteiger partial charge in [-0.2, -0.15) is 0 Å². The van der Waals surface area contributed by atoms with Crippen LogP contribution in [0.5, 0.6) is 0 Å². The predicted octanol–water partition coefficient (Wildman–Crippen LogP) is 2.76. The molecule has 0 saturated heterocycles. The first kappa shape index (κ1) is 16.0. The van der Waals surface area contributed by atoms with Gasteiger partial charge < -0.3 is 5.32 Å². The highest BCUT2D eigenvalue weighted by molar-refractivity contribution is 7.91. The summed E-state index contributed by atoms with van der Waals surface area (Å²) < 4.78 is 23.5. The molecular weight excluding hydrogens is 246 g/mol. The first-order valence-corrected chi connectivity index (χ1v) is 9.29. The van der Waals surface area contributed by atoms with Gasteiger partial charge in [-0.25, -0.2) is 8.42 Å². The molecule has 0 radical (unpaired) electrons. The third kappa shape index (κ3) is 6.74. The lowest BCUT2D eigenvalue weighted by atomic mass is 9.87. The van der Waals surface area contributed by atoms with E-state index in [1.165, 1.54) is 25.7 Å². The van der Waals surface area contributed by atoms with Gasteiger partial charge in [-0.15, -0.1) is 0 Å². The van der Waals surface area contributed by atoms with E-state index in [4.69, 9.17) is 0 Å². The fourth-order valence-corrected chi connectivity index (χ4v) is 3.99. The Hall–Kier alpha value is -0.0900. The molecule has 0 aliphatic heterocycles. The van der Waals surface area contributed by atoms with Crippen LogP contribution < -0.4 is 5.32 Å². The van der Waals surface area contributed by atoms with Gasteiger partial charge in [0.05, 0.1) is 11.5 Å². The summed E-state index contributed by atoms with van der Waals surface area (Å²) in [6.07, 6.45) is 7.94. The van der Waals surface area contributed by atoms with E-state index in [9.17, 15) is 8.42 Å². The van der Waals surface area contributed by atoms with Crippen LogP contribution in [0.3, 0.4) is 0 Å². The minimum absolute atomic E-state index is 0.307. The van der Waals surface area contributed by atoms with Gasteiger partial charge in [0, 0.05) is 12.6 Å². The Labute approximate surface area is 113 Å². The Kier molecular flexibility index (Phi) is 7.23. The third-order valence-corrected chi connectivity index (χ3v) is 5.58. The average Bonchev–Trinajstić information content (AvgIpc) is 2.29. The highest BCUT2D eigenvalue weighted by atomic mass is 32.2. The molecule has 4 heteroatoms. The van der Waals surface area contributed by atoms with E-state index in [1.54, 1.807) is 0 Å². The Morgan fingerprint density at radius 3 is 2.61 bits per heavy atom. The molecule has 2 unspecified atom stereocenters. The molecule has 1 N–H and O–H groups in total. The molecule has 0 bridgehead atoms. The van der Waals surface area contributed by atoms with E-state index in [0.29, 0.717) is 24.1 Å². The van der Waals surface area contributed by atoms with E-state index in [2.05, 4.69) is 19.2 Å². The molecule has 1 aliphatic carbocycles. The van der Waals surface area contributed by atoms with Crippen molar-refractivity contribution >= 4 is 9.84 Å². The summed E-state index contributed by atoms with van der Waals surface area (Å²) in [6, 6.07) is 0.541. The summed E-state index contributed by atoms with van der Waals surface area (Å²) >= 11 is 0. The number of hydrogen-bond acceptors (Lipinski definition) is 3. The van der Waals surface area contributed by atoms with Crippen LogP contribution in [0, 0.1) is 5.92 Å². The Morgan fingerprint density at radius 2 is 1.94 bits per heavy atom. The minimum Gasteiger partial charge on any atom is -0.313 e. The van der Waals surface area contributed by atoms with Crippen molar-refractivity contribution in [1.29, 1.82) is 0 Å². The molecule has 1 fully saturated rings. The first-order chi connectivity index (χ1) is 8.53. The molecule has 0 aromatic carbocycles. The third-order valence-electron chi connectivity index (χ3n) is 3.84. The van der Waals surface area contributed by atoms with Gasteiger partial charge >= 0.3 is 0 Å². The van der Waals surface area contributed by atoms with Gasteiger partial charge in [-0.3, -0.25) is 0 Å². The maximum Gasteiger partial charge on any atom is 0.151 e. The predicted molar refractivity (Wildman–Crippen MR) is 77.6 cm³/mol. The number of rotatable bonds is 8. The lowest BCUT2D eigenvalue weighted by molar-refractivity contribution is 0.305. The topological polar surface area (TPSA) is 46.2 Å². The summed E-state index contributed by atoms with van der Waals surface area (Å²) in [6.45, 7) is 5.01. The largest absolute Gasteiger partial charge is 0.313 e. The summed E-state index contributed by atoms with van der Waals surface area (Å²) in [5.74, 6) is 1.46. The summed E-state index contributed by atoms with van der Waals surface area (Å²) in [5.41, 5.74) is 0. The van der Waals surface area contributed by atoms with Crippen molar-refractivity contribution in [3.05, 3.63) is 0 Å². The smallest absolute Gasteiger partial charge is 0.151 e. The van der Waals surface area contributed by atoms with Crippen molar-refractivity contribution in [2.45, 2.75) is 64.8 Å². The second-order valence-electron chi connectivity index (χ2n) is 5.78. The average molecular weight is 275 g/mol. The van der Waals surface area contributed by atoms with Gasteiger partial charge in [-0.1, -0.05) is 39.5 Å². The fraction of sp³-hybridized carbons (Fsp3) is 1.00. The first-order valence-electron chi connectivity index (χ1n) is 7.47. The van der Waals surface area contributed by atoms with E-state index < -0.39 is 9.84 Å².